The number of hydrogen-bond acceptors (Lipinski definition) is 3. The smallest absolute Gasteiger partial charge is 0.152 e. The first kappa shape index (κ1) is 23.3. The summed E-state index contributed by atoms with van der Waals surface area (Å²) in [5.41, 5.74) is 3.77. The highest BCUT2D eigenvalue weighted by atomic mass is 35.5. The molecule has 2 N–H and O–H groups in total. The number of aliphatic hydroxyl groups excluding tert-OH is 1. The van der Waals surface area contributed by atoms with E-state index in [9.17, 15) is 5.11 Å². The molecule has 0 fully saturated rings. The molecule has 35 heavy (non-hydrogen) atoms. The third-order valence-electron chi connectivity index (χ3n) is 6.22. The van der Waals surface area contributed by atoms with Crippen molar-refractivity contribution in [3.05, 3.63) is 142 Å². The van der Waals surface area contributed by atoms with Gasteiger partial charge in [0.15, 0.2) is 5.82 Å². The van der Waals surface area contributed by atoms with E-state index in [1.54, 1.807) is 6.07 Å². The van der Waals surface area contributed by atoms with Gasteiger partial charge in [-0.25, -0.2) is 4.39 Å². The summed E-state index contributed by atoms with van der Waals surface area (Å²) < 4.78 is 21.3. The quantitative estimate of drug-likeness (QED) is 0.300. The van der Waals surface area contributed by atoms with Gasteiger partial charge < -0.3 is 9.84 Å². The van der Waals surface area contributed by atoms with Crippen molar-refractivity contribution in [2.45, 2.75) is 24.8 Å². The molecule has 176 valence electrons. The molecule has 0 saturated heterocycles. The van der Waals surface area contributed by atoms with Crippen molar-refractivity contribution in [3.63, 3.8) is 0 Å². The van der Waals surface area contributed by atoms with Crippen molar-refractivity contribution in [1.29, 1.82) is 0 Å². The molecule has 0 heterocycles. The van der Waals surface area contributed by atoms with Crippen LogP contribution in [0.3, 0.4) is 0 Å². The van der Waals surface area contributed by atoms with Crippen LogP contribution in [0.1, 0.15) is 40.0 Å². The van der Waals surface area contributed by atoms with Crippen LogP contribution in [0, 0.1) is 5.82 Å². The molecule has 0 unspecified atom stereocenters. The summed E-state index contributed by atoms with van der Waals surface area (Å²) in [7, 11) is 0. The number of rotatable bonds is 7. The number of fused-ring (bicyclic) bond motifs is 1. The first-order chi connectivity index (χ1) is 17.1. The lowest BCUT2D eigenvalue weighted by atomic mass is 9.89. The molecule has 0 radical (unpaired) electrons. The molecule has 2 atom stereocenters. The number of ether oxygens (including phenoxy) is 1. The fourth-order valence-electron chi connectivity index (χ4n) is 4.42. The SMILES string of the molecule is O[C@@H]1c2c(cc(OCc3ccccc3)c(Cl)c2F)C=C[C@H]1NC(c1ccccc1)c1ccccc1. The first-order valence-electron chi connectivity index (χ1n) is 11.5. The van der Waals surface area contributed by atoms with Crippen LogP contribution in [0.2, 0.25) is 5.02 Å². The summed E-state index contributed by atoms with van der Waals surface area (Å²) in [4.78, 5) is 0. The van der Waals surface area contributed by atoms with Crippen molar-refractivity contribution < 1.29 is 14.2 Å². The normalized spacial score (nSPS) is 16.8. The molecular weight excluding hydrogens is 461 g/mol. The zero-order chi connectivity index (χ0) is 24.2. The molecule has 0 aromatic heterocycles. The monoisotopic (exact) mass is 485 g/mol. The van der Waals surface area contributed by atoms with Gasteiger partial charge in [-0.05, 0) is 28.3 Å². The highest BCUT2D eigenvalue weighted by Gasteiger charge is 2.32. The van der Waals surface area contributed by atoms with Crippen molar-refractivity contribution in [2.24, 2.45) is 0 Å². The third-order valence-corrected chi connectivity index (χ3v) is 6.58. The Kier molecular flexibility index (Phi) is 6.96. The van der Waals surface area contributed by atoms with Gasteiger partial charge in [-0.2, -0.15) is 0 Å². The van der Waals surface area contributed by atoms with E-state index >= 15 is 4.39 Å². The molecule has 5 rings (SSSR count). The van der Waals surface area contributed by atoms with Crippen LogP contribution in [0.4, 0.5) is 4.39 Å². The minimum atomic E-state index is -1.12. The molecule has 0 saturated carbocycles. The van der Waals surface area contributed by atoms with Gasteiger partial charge in [0.2, 0.25) is 0 Å². The Morgan fingerprint density at radius 3 is 2.06 bits per heavy atom. The summed E-state index contributed by atoms with van der Waals surface area (Å²) in [6.45, 7) is 0.269. The molecule has 5 heteroatoms. The fourth-order valence-corrected chi connectivity index (χ4v) is 4.63. The Labute approximate surface area is 209 Å². The standard InChI is InChI=1S/C30H25ClFNO2/c31-27-25(35-19-20-10-4-1-5-11-20)18-23-16-17-24(30(34)26(23)28(27)32)33-29(21-12-6-2-7-13-21)22-14-8-3-9-15-22/h1-18,24,29-30,33-34H,19H2/t24-,30+/m1/s1. The van der Waals surface area contributed by atoms with E-state index in [2.05, 4.69) is 5.32 Å². The summed E-state index contributed by atoms with van der Waals surface area (Å²) in [5.74, 6) is -0.409. The summed E-state index contributed by atoms with van der Waals surface area (Å²) in [5, 5.41) is 14.6. The third kappa shape index (κ3) is 5.01. The van der Waals surface area contributed by atoms with Crippen molar-refractivity contribution in [1.82, 2.24) is 5.32 Å². The zero-order valence-corrected chi connectivity index (χ0v) is 19.7. The van der Waals surface area contributed by atoms with Crippen LogP contribution in [-0.4, -0.2) is 11.1 Å². The van der Waals surface area contributed by atoms with Gasteiger partial charge in [-0.1, -0.05) is 115 Å². The lowest BCUT2D eigenvalue weighted by molar-refractivity contribution is 0.137. The maximum atomic E-state index is 15.4. The van der Waals surface area contributed by atoms with Gasteiger partial charge in [-0.15, -0.1) is 0 Å². The van der Waals surface area contributed by atoms with Crippen LogP contribution < -0.4 is 10.1 Å². The molecule has 4 aromatic rings. The molecule has 0 aliphatic heterocycles. The molecule has 0 bridgehead atoms. The predicted octanol–water partition coefficient (Wildman–Crippen LogP) is 6.87. The minimum absolute atomic E-state index is 0.129. The van der Waals surface area contributed by atoms with E-state index in [0.29, 0.717) is 5.56 Å². The molecule has 3 nitrogen and oxygen atoms in total. The van der Waals surface area contributed by atoms with E-state index in [0.717, 1.165) is 16.7 Å². The number of halogens is 2. The lowest BCUT2D eigenvalue weighted by Crippen LogP contribution is -2.38. The van der Waals surface area contributed by atoms with Crippen LogP contribution in [0.15, 0.2) is 103 Å². The predicted molar refractivity (Wildman–Crippen MR) is 138 cm³/mol. The second-order valence-corrected chi connectivity index (χ2v) is 8.91. The van der Waals surface area contributed by atoms with Crippen LogP contribution in [0.5, 0.6) is 5.75 Å². The molecule has 0 amide bonds. The van der Waals surface area contributed by atoms with E-state index in [1.165, 1.54) is 0 Å². The maximum Gasteiger partial charge on any atom is 0.152 e. The number of nitrogens with one attached hydrogen (secondary N) is 1. The molecule has 1 aliphatic rings. The van der Waals surface area contributed by atoms with E-state index in [-0.39, 0.29) is 29.0 Å². The van der Waals surface area contributed by atoms with Crippen LogP contribution >= 0.6 is 11.6 Å². The van der Waals surface area contributed by atoms with Crippen LogP contribution in [0.25, 0.3) is 6.08 Å². The van der Waals surface area contributed by atoms with E-state index in [4.69, 9.17) is 16.3 Å². The highest BCUT2D eigenvalue weighted by molar-refractivity contribution is 6.32. The topological polar surface area (TPSA) is 41.5 Å². The Morgan fingerprint density at radius 2 is 1.46 bits per heavy atom. The Hall–Kier alpha value is -3.44. The number of hydrogen-bond donors (Lipinski definition) is 2. The summed E-state index contributed by atoms with van der Waals surface area (Å²) in [6.07, 6.45) is 2.55. The number of aliphatic hydroxyl groups is 1. The second kappa shape index (κ2) is 10.4. The van der Waals surface area contributed by atoms with Gasteiger partial charge in [-0.3, -0.25) is 5.32 Å². The maximum absolute atomic E-state index is 15.4. The molecule has 4 aromatic carbocycles. The Balaban J connectivity index is 1.42. The van der Waals surface area contributed by atoms with E-state index < -0.39 is 18.0 Å². The summed E-state index contributed by atoms with van der Waals surface area (Å²) >= 11 is 6.35. The largest absolute Gasteiger partial charge is 0.487 e. The van der Waals surface area contributed by atoms with Crippen molar-refractivity contribution in [2.75, 3.05) is 0 Å². The van der Waals surface area contributed by atoms with Crippen molar-refractivity contribution >= 4 is 17.7 Å². The van der Waals surface area contributed by atoms with Crippen molar-refractivity contribution in [3.8, 4) is 5.75 Å². The van der Waals surface area contributed by atoms with Gasteiger partial charge in [0.25, 0.3) is 0 Å². The molecule has 0 spiro atoms. The van der Waals surface area contributed by atoms with Gasteiger partial charge >= 0.3 is 0 Å². The molecule has 1 aliphatic carbocycles. The van der Waals surface area contributed by atoms with Crippen LogP contribution in [-0.2, 0) is 6.61 Å². The van der Waals surface area contributed by atoms with Gasteiger partial charge in [0.1, 0.15) is 23.5 Å². The average Bonchev–Trinajstić information content (AvgIpc) is 2.91. The van der Waals surface area contributed by atoms with Gasteiger partial charge in [0, 0.05) is 5.56 Å². The second-order valence-electron chi connectivity index (χ2n) is 8.53. The Morgan fingerprint density at radius 1 is 0.886 bits per heavy atom. The fraction of sp³-hybridized carbons (Fsp3) is 0.133. The average molecular weight is 486 g/mol. The summed E-state index contributed by atoms with van der Waals surface area (Å²) in [6, 6.07) is 30.6. The first-order valence-corrected chi connectivity index (χ1v) is 11.9. The zero-order valence-electron chi connectivity index (χ0n) is 18.9. The highest BCUT2D eigenvalue weighted by Crippen LogP contribution is 2.40. The Bertz CT molecular complexity index is 1270. The van der Waals surface area contributed by atoms with Gasteiger partial charge in [0.05, 0.1) is 12.1 Å². The minimum Gasteiger partial charge on any atom is -0.487 e. The number of benzene rings is 4. The van der Waals surface area contributed by atoms with E-state index in [1.807, 2.05) is 103 Å². The molecular formula is C30H25ClFNO2. The lowest BCUT2D eigenvalue weighted by Gasteiger charge is -2.32.